The van der Waals surface area contributed by atoms with Crippen molar-refractivity contribution in [1.82, 2.24) is 9.80 Å². The molecule has 1 fully saturated rings. The van der Waals surface area contributed by atoms with Crippen molar-refractivity contribution in [1.29, 1.82) is 0 Å². The quantitative estimate of drug-likeness (QED) is 0.767. The van der Waals surface area contributed by atoms with Crippen LogP contribution in [-0.4, -0.2) is 67.4 Å². The number of nitrogens with zero attached hydrogens (tertiary/aromatic N) is 2. The zero-order valence-corrected chi connectivity index (χ0v) is 16.9. The Morgan fingerprint density at radius 1 is 1.21 bits per heavy atom. The van der Waals surface area contributed by atoms with Gasteiger partial charge < -0.3 is 19.4 Å². The van der Waals surface area contributed by atoms with Gasteiger partial charge in [-0.25, -0.2) is 4.79 Å². The first-order valence-corrected chi connectivity index (χ1v) is 9.75. The van der Waals surface area contributed by atoms with Crippen molar-refractivity contribution in [2.75, 3.05) is 45.2 Å². The van der Waals surface area contributed by atoms with Crippen LogP contribution in [0.25, 0.3) is 0 Å². The number of aryl methyl sites for hydroxylation is 1. The van der Waals surface area contributed by atoms with Gasteiger partial charge in [-0.15, -0.1) is 11.3 Å². The van der Waals surface area contributed by atoms with Gasteiger partial charge in [0.25, 0.3) is 5.91 Å². The summed E-state index contributed by atoms with van der Waals surface area (Å²) in [4.78, 5) is 41.4. The molecule has 150 valence electrons. The summed E-state index contributed by atoms with van der Waals surface area (Å²) in [5.74, 6) is -0.467. The molecule has 0 aromatic carbocycles. The van der Waals surface area contributed by atoms with E-state index in [1.54, 1.807) is 17.0 Å². The molecule has 1 saturated heterocycles. The average Bonchev–Trinajstić information content (AvgIpc) is 3.30. The van der Waals surface area contributed by atoms with Gasteiger partial charge >= 0.3 is 5.97 Å². The largest absolute Gasteiger partial charge is 0.465 e. The highest BCUT2D eigenvalue weighted by Crippen LogP contribution is 2.32. The highest BCUT2D eigenvalue weighted by molar-refractivity contribution is 7.16. The lowest BCUT2D eigenvalue weighted by atomic mass is 10.1. The Hall–Kier alpha value is -2.65. The number of ether oxygens (including phenoxy) is 1. The number of amides is 2. The maximum Gasteiger partial charge on any atom is 0.341 e. The molecule has 8 nitrogen and oxygen atoms in total. The fourth-order valence-electron chi connectivity index (χ4n) is 3.10. The van der Waals surface area contributed by atoms with E-state index in [1.165, 1.54) is 24.7 Å². The van der Waals surface area contributed by atoms with E-state index in [1.807, 2.05) is 18.7 Å². The summed E-state index contributed by atoms with van der Waals surface area (Å²) in [6, 6.07) is 3.33. The molecule has 2 aromatic heterocycles. The van der Waals surface area contributed by atoms with Gasteiger partial charge in [-0.2, -0.15) is 0 Å². The zero-order chi connectivity index (χ0) is 20.3. The normalized spacial score (nSPS) is 14.8. The Morgan fingerprint density at radius 3 is 2.54 bits per heavy atom. The second kappa shape index (κ2) is 8.57. The third-order valence-corrected chi connectivity index (χ3v) is 5.91. The minimum absolute atomic E-state index is 0.138. The number of furan rings is 1. The minimum atomic E-state index is -0.456. The summed E-state index contributed by atoms with van der Waals surface area (Å²) < 4.78 is 9.98. The van der Waals surface area contributed by atoms with Crippen LogP contribution in [0.5, 0.6) is 0 Å². The third-order valence-electron chi connectivity index (χ3n) is 4.79. The van der Waals surface area contributed by atoms with E-state index in [0.29, 0.717) is 42.5 Å². The van der Waals surface area contributed by atoms with E-state index in [-0.39, 0.29) is 18.4 Å². The summed E-state index contributed by atoms with van der Waals surface area (Å²) in [5, 5.41) is 3.35. The molecule has 0 unspecified atom stereocenters. The van der Waals surface area contributed by atoms with Crippen molar-refractivity contribution < 1.29 is 23.5 Å². The van der Waals surface area contributed by atoms with Crippen molar-refractivity contribution >= 4 is 34.1 Å². The minimum Gasteiger partial charge on any atom is -0.465 e. The Morgan fingerprint density at radius 2 is 1.93 bits per heavy atom. The number of anilines is 1. The monoisotopic (exact) mass is 405 g/mol. The van der Waals surface area contributed by atoms with Gasteiger partial charge in [0, 0.05) is 31.1 Å². The lowest BCUT2D eigenvalue weighted by molar-refractivity contribution is -0.117. The van der Waals surface area contributed by atoms with E-state index >= 15 is 0 Å². The van der Waals surface area contributed by atoms with Gasteiger partial charge in [0.05, 0.1) is 25.5 Å². The number of thiophene rings is 1. The third kappa shape index (κ3) is 4.26. The van der Waals surface area contributed by atoms with Crippen LogP contribution in [0.2, 0.25) is 0 Å². The van der Waals surface area contributed by atoms with Gasteiger partial charge in [-0.3, -0.25) is 14.5 Å². The number of carbonyl (C=O) groups is 3. The van der Waals surface area contributed by atoms with E-state index in [4.69, 9.17) is 9.15 Å². The molecule has 3 rings (SSSR count). The summed E-state index contributed by atoms with van der Waals surface area (Å²) in [6.45, 7) is 6.16. The molecule has 9 heteroatoms. The van der Waals surface area contributed by atoms with E-state index < -0.39 is 5.97 Å². The molecule has 2 amide bonds. The van der Waals surface area contributed by atoms with Gasteiger partial charge in [0.15, 0.2) is 5.76 Å². The molecule has 0 aliphatic carbocycles. The zero-order valence-electron chi connectivity index (χ0n) is 16.1. The molecule has 3 heterocycles. The molecule has 0 radical (unpaired) electrons. The molecule has 1 aliphatic heterocycles. The van der Waals surface area contributed by atoms with Crippen molar-refractivity contribution in [2.24, 2.45) is 0 Å². The predicted octanol–water partition coefficient (Wildman–Crippen LogP) is 2.14. The van der Waals surface area contributed by atoms with Gasteiger partial charge in [-0.05, 0) is 31.5 Å². The van der Waals surface area contributed by atoms with Crippen LogP contribution >= 0.6 is 11.3 Å². The lowest BCUT2D eigenvalue weighted by Gasteiger charge is -2.33. The number of esters is 1. The number of nitrogens with one attached hydrogen (secondary N) is 1. The van der Waals surface area contributed by atoms with Crippen LogP contribution in [0.3, 0.4) is 0 Å². The van der Waals surface area contributed by atoms with Crippen LogP contribution in [0.15, 0.2) is 22.8 Å². The number of hydrogen-bond acceptors (Lipinski definition) is 7. The van der Waals surface area contributed by atoms with Gasteiger partial charge in [-0.1, -0.05) is 0 Å². The molecule has 0 spiro atoms. The van der Waals surface area contributed by atoms with E-state index in [2.05, 4.69) is 5.32 Å². The Bertz CT molecular complexity index is 867. The maximum atomic E-state index is 12.5. The molecule has 0 bridgehead atoms. The average molecular weight is 405 g/mol. The highest BCUT2D eigenvalue weighted by Gasteiger charge is 2.26. The lowest BCUT2D eigenvalue weighted by Crippen LogP contribution is -2.50. The molecule has 0 saturated carbocycles. The smallest absolute Gasteiger partial charge is 0.341 e. The molecular formula is C19H23N3O5S. The fraction of sp³-hybridized carbons (Fsp3) is 0.421. The van der Waals surface area contributed by atoms with Gasteiger partial charge in [0.2, 0.25) is 5.91 Å². The van der Waals surface area contributed by atoms with E-state index in [0.717, 1.165) is 10.4 Å². The first kappa shape index (κ1) is 20.1. The van der Waals surface area contributed by atoms with E-state index in [9.17, 15) is 14.4 Å². The van der Waals surface area contributed by atoms with Gasteiger partial charge in [0.1, 0.15) is 5.00 Å². The standard InChI is InChI=1S/C19H23N3O5S/c1-12-13(2)28-17(16(12)19(25)26-3)20-15(23)11-21-6-8-22(9-7-21)18(24)14-5-4-10-27-14/h4-5,10H,6-9,11H2,1-3H3,(H,20,23). The molecule has 1 aliphatic rings. The maximum absolute atomic E-state index is 12.5. The fourth-order valence-corrected chi connectivity index (χ4v) is 4.16. The topological polar surface area (TPSA) is 92.1 Å². The summed E-state index contributed by atoms with van der Waals surface area (Å²) >= 11 is 1.36. The molecule has 28 heavy (non-hydrogen) atoms. The second-order valence-corrected chi connectivity index (χ2v) is 7.80. The Labute approximate surface area is 167 Å². The van der Waals surface area contributed by atoms with Crippen molar-refractivity contribution in [3.63, 3.8) is 0 Å². The SMILES string of the molecule is COC(=O)c1c(NC(=O)CN2CCN(C(=O)c3ccco3)CC2)sc(C)c1C. The van der Waals surface area contributed by atoms with Crippen LogP contribution in [0.4, 0.5) is 5.00 Å². The summed E-state index contributed by atoms with van der Waals surface area (Å²) in [6.07, 6.45) is 1.48. The van der Waals surface area contributed by atoms with Crippen LogP contribution < -0.4 is 5.32 Å². The second-order valence-electron chi connectivity index (χ2n) is 6.57. The molecule has 2 aromatic rings. The highest BCUT2D eigenvalue weighted by atomic mass is 32.1. The van der Waals surface area contributed by atoms with Crippen LogP contribution in [0.1, 0.15) is 31.4 Å². The van der Waals surface area contributed by atoms with Crippen molar-refractivity contribution in [2.45, 2.75) is 13.8 Å². The first-order valence-electron chi connectivity index (χ1n) is 8.94. The molecule has 1 N–H and O–H groups in total. The number of methoxy groups -OCH3 is 1. The molecule has 0 atom stereocenters. The van der Waals surface area contributed by atoms with Crippen LogP contribution in [0, 0.1) is 13.8 Å². The first-order chi connectivity index (χ1) is 13.4. The molecular weight excluding hydrogens is 382 g/mol. The van der Waals surface area contributed by atoms with Crippen molar-refractivity contribution in [3.05, 3.63) is 40.2 Å². The Balaban J connectivity index is 1.55. The number of piperazine rings is 1. The summed E-state index contributed by atoms with van der Waals surface area (Å²) in [7, 11) is 1.32. The number of carbonyl (C=O) groups excluding carboxylic acids is 3. The summed E-state index contributed by atoms with van der Waals surface area (Å²) in [5.41, 5.74) is 1.23. The van der Waals surface area contributed by atoms with Crippen LogP contribution in [-0.2, 0) is 9.53 Å². The number of hydrogen-bond donors (Lipinski definition) is 1. The predicted molar refractivity (Wildman–Crippen MR) is 105 cm³/mol. The number of rotatable bonds is 5. The van der Waals surface area contributed by atoms with Crippen molar-refractivity contribution in [3.8, 4) is 0 Å². The Kier molecular flexibility index (Phi) is 6.15.